The van der Waals surface area contributed by atoms with E-state index < -0.39 is 0 Å². The Balaban J connectivity index is 1.66. The van der Waals surface area contributed by atoms with Gasteiger partial charge in [-0.05, 0) is 47.4 Å². The molecular weight excluding hydrogens is 284 g/mol. The normalized spacial score (nSPS) is 17.6. The fraction of sp³-hybridized carbons (Fsp3) is 0.200. The van der Waals surface area contributed by atoms with E-state index in [1.165, 1.54) is 0 Å². The smallest absolute Gasteiger partial charge is 0.254 e. The van der Waals surface area contributed by atoms with Crippen LogP contribution < -0.4 is 0 Å². The van der Waals surface area contributed by atoms with Crippen molar-refractivity contribution >= 4 is 16.7 Å². The van der Waals surface area contributed by atoms with Gasteiger partial charge in [-0.1, -0.05) is 36.4 Å². The number of nitrogens with zero attached hydrogens (tertiary/aromatic N) is 2. The van der Waals surface area contributed by atoms with E-state index in [1.807, 2.05) is 47.5 Å². The summed E-state index contributed by atoms with van der Waals surface area (Å²) in [4.78, 5) is 19.2. The first-order valence-electron chi connectivity index (χ1n) is 8.02. The van der Waals surface area contributed by atoms with Crippen LogP contribution in [-0.2, 0) is 0 Å². The molecule has 1 fully saturated rings. The van der Waals surface area contributed by atoms with Crippen LogP contribution in [0.4, 0.5) is 0 Å². The first-order valence-corrected chi connectivity index (χ1v) is 8.02. The molecule has 0 aliphatic carbocycles. The number of carbonyl (C=O) groups excluding carboxylic acids is 1. The Bertz CT molecular complexity index is 844. The molecule has 0 N–H and O–H groups in total. The highest BCUT2D eigenvalue weighted by Gasteiger charge is 2.30. The van der Waals surface area contributed by atoms with Gasteiger partial charge in [-0.25, -0.2) is 0 Å². The number of fused-ring (bicyclic) bond motifs is 1. The second kappa shape index (κ2) is 5.84. The van der Waals surface area contributed by atoms with Crippen LogP contribution in [0.1, 0.15) is 34.8 Å². The van der Waals surface area contributed by atoms with Crippen LogP contribution in [0.5, 0.6) is 0 Å². The molecule has 1 saturated heterocycles. The maximum absolute atomic E-state index is 13.0. The van der Waals surface area contributed by atoms with Crippen LogP contribution in [0.3, 0.4) is 0 Å². The first-order chi connectivity index (χ1) is 11.3. The van der Waals surface area contributed by atoms with Gasteiger partial charge in [-0.2, -0.15) is 0 Å². The number of likely N-dealkylation sites (tertiary alicyclic amines) is 1. The molecule has 1 amide bonds. The molecule has 114 valence electrons. The van der Waals surface area contributed by atoms with E-state index in [2.05, 4.69) is 23.2 Å². The maximum Gasteiger partial charge on any atom is 0.254 e. The number of rotatable bonds is 2. The predicted octanol–water partition coefficient (Wildman–Crippen LogP) is 4.21. The summed E-state index contributed by atoms with van der Waals surface area (Å²) in [6.45, 7) is 0.811. The van der Waals surface area contributed by atoms with Crippen molar-refractivity contribution < 1.29 is 4.79 Å². The Hall–Kier alpha value is -2.68. The van der Waals surface area contributed by atoms with Crippen LogP contribution in [-0.4, -0.2) is 22.3 Å². The van der Waals surface area contributed by atoms with Gasteiger partial charge >= 0.3 is 0 Å². The molecule has 0 spiro atoms. The SMILES string of the molecule is O=C(c1ccc2ccccc2c1)N1CCC[C@H]1c1cccnc1. The van der Waals surface area contributed by atoms with Gasteiger partial charge in [0, 0.05) is 24.5 Å². The Morgan fingerprint density at radius 3 is 2.74 bits per heavy atom. The summed E-state index contributed by atoms with van der Waals surface area (Å²) in [6, 6.07) is 18.2. The molecule has 0 unspecified atom stereocenters. The number of aromatic nitrogens is 1. The number of benzene rings is 2. The molecule has 1 aromatic heterocycles. The molecule has 3 nitrogen and oxygen atoms in total. The molecule has 1 atom stereocenters. The van der Waals surface area contributed by atoms with Crippen molar-refractivity contribution in [3.05, 3.63) is 78.1 Å². The van der Waals surface area contributed by atoms with Gasteiger partial charge in [0.15, 0.2) is 0 Å². The number of amides is 1. The average molecular weight is 302 g/mol. The lowest BCUT2D eigenvalue weighted by atomic mass is 10.0. The van der Waals surface area contributed by atoms with Crippen molar-refractivity contribution in [2.24, 2.45) is 0 Å². The number of carbonyl (C=O) groups is 1. The van der Waals surface area contributed by atoms with Crippen LogP contribution >= 0.6 is 0 Å². The first kappa shape index (κ1) is 13.9. The summed E-state index contributed by atoms with van der Waals surface area (Å²) < 4.78 is 0. The van der Waals surface area contributed by atoms with Gasteiger partial charge < -0.3 is 4.90 Å². The number of hydrogen-bond acceptors (Lipinski definition) is 2. The summed E-state index contributed by atoms with van der Waals surface area (Å²) in [5.74, 6) is 0.113. The summed E-state index contributed by atoms with van der Waals surface area (Å²) >= 11 is 0. The highest BCUT2D eigenvalue weighted by molar-refractivity contribution is 5.98. The number of hydrogen-bond donors (Lipinski definition) is 0. The summed E-state index contributed by atoms with van der Waals surface area (Å²) in [7, 11) is 0. The lowest BCUT2D eigenvalue weighted by molar-refractivity contribution is 0.0735. The predicted molar refractivity (Wildman–Crippen MR) is 91.2 cm³/mol. The van der Waals surface area contributed by atoms with Crippen LogP contribution in [0.15, 0.2) is 67.0 Å². The van der Waals surface area contributed by atoms with E-state index in [0.717, 1.165) is 41.3 Å². The Kier molecular flexibility index (Phi) is 3.54. The molecule has 4 rings (SSSR count). The largest absolute Gasteiger partial charge is 0.332 e. The third-order valence-corrected chi connectivity index (χ3v) is 4.58. The molecule has 1 aliphatic rings. The summed E-state index contributed by atoms with van der Waals surface area (Å²) in [5, 5.41) is 2.27. The van der Waals surface area contributed by atoms with Gasteiger partial charge in [0.05, 0.1) is 6.04 Å². The van der Waals surface area contributed by atoms with E-state index in [-0.39, 0.29) is 11.9 Å². The fourth-order valence-electron chi connectivity index (χ4n) is 3.42. The van der Waals surface area contributed by atoms with Crippen LogP contribution in [0, 0.1) is 0 Å². The Morgan fingerprint density at radius 2 is 1.91 bits per heavy atom. The summed E-state index contributed by atoms with van der Waals surface area (Å²) in [5.41, 5.74) is 1.89. The molecule has 2 aromatic carbocycles. The van der Waals surface area contributed by atoms with E-state index in [4.69, 9.17) is 0 Å². The molecule has 0 bridgehead atoms. The minimum atomic E-state index is 0.113. The van der Waals surface area contributed by atoms with Crippen LogP contribution in [0.25, 0.3) is 10.8 Å². The molecule has 3 heteroatoms. The van der Waals surface area contributed by atoms with E-state index in [0.29, 0.717) is 0 Å². The van der Waals surface area contributed by atoms with Gasteiger partial charge in [-0.3, -0.25) is 9.78 Å². The third-order valence-electron chi connectivity index (χ3n) is 4.58. The summed E-state index contributed by atoms with van der Waals surface area (Å²) in [6.07, 6.45) is 5.69. The maximum atomic E-state index is 13.0. The number of pyridine rings is 1. The zero-order valence-corrected chi connectivity index (χ0v) is 12.9. The van der Waals surface area contributed by atoms with Gasteiger partial charge in [-0.15, -0.1) is 0 Å². The van der Waals surface area contributed by atoms with E-state index in [9.17, 15) is 4.79 Å². The van der Waals surface area contributed by atoms with Crippen molar-refractivity contribution in [1.82, 2.24) is 9.88 Å². The van der Waals surface area contributed by atoms with Crippen molar-refractivity contribution in [2.75, 3.05) is 6.54 Å². The minimum Gasteiger partial charge on any atom is -0.332 e. The zero-order valence-electron chi connectivity index (χ0n) is 12.9. The van der Waals surface area contributed by atoms with Crippen molar-refractivity contribution in [3.8, 4) is 0 Å². The van der Waals surface area contributed by atoms with E-state index in [1.54, 1.807) is 6.20 Å². The Labute approximate surface area is 135 Å². The molecule has 0 radical (unpaired) electrons. The molecule has 3 aromatic rings. The topological polar surface area (TPSA) is 33.2 Å². The molecular formula is C20H18N2O. The second-order valence-electron chi connectivity index (χ2n) is 6.00. The molecule has 23 heavy (non-hydrogen) atoms. The van der Waals surface area contributed by atoms with Crippen molar-refractivity contribution in [1.29, 1.82) is 0 Å². The standard InChI is InChI=1S/C20H18N2O/c23-20(17-10-9-15-5-1-2-6-16(15)13-17)22-12-4-8-19(22)18-7-3-11-21-14-18/h1-3,5-7,9-11,13-14,19H,4,8,12H2/t19-/m0/s1. The van der Waals surface area contributed by atoms with Crippen molar-refractivity contribution in [2.45, 2.75) is 18.9 Å². The van der Waals surface area contributed by atoms with Crippen molar-refractivity contribution in [3.63, 3.8) is 0 Å². The van der Waals surface area contributed by atoms with Gasteiger partial charge in [0.25, 0.3) is 5.91 Å². The Morgan fingerprint density at radius 1 is 1.04 bits per heavy atom. The third kappa shape index (κ3) is 2.59. The lowest BCUT2D eigenvalue weighted by Crippen LogP contribution is -2.30. The quantitative estimate of drug-likeness (QED) is 0.710. The average Bonchev–Trinajstić information content (AvgIpc) is 3.11. The van der Waals surface area contributed by atoms with E-state index >= 15 is 0 Å². The lowest BCUT2D eigenvalue weighted by Gasteiger charge is -2.25. The van der Waals surface area contributed by atoms with Gasteiger partial charge in [0.1, 0.15) is 0 Å². The molecule has 2 heterocycles. The van der Waals surface area contributed by atoms with Crippen LogP contribution in [0.2, 0.25) is 0 Å². The highest BCUT2D eigenvalue weighted by Crippen LogP contribution is 2.33. The zero-order chi connectivity index (χ0) is 15.6. The monoisotopic (exact) mass is 302 g/mol. The van der Waals surface area contributed by atoms with Gasteiger partial charge in [0.2, 0.25) is 0 Å². The second-order valence-corrected chi connectivity index (χ2v) is 6.00. The fourth-order valence-corrected chi connectivity index (χ4v) is 3.42. The minimum absolute atomic E-state index is 0.113. The highest BCUT2D eigenvalue weighted by atomic mass is 16.2. The molecule has 1 aliphatic heterocycles. The molecule has 0 saturated carbocycles.